The molecule has 2 aliphatic rings. The van der Waals surface area contributed by atoms with Crippen LogP contribution in [-0.4, -0.2) is 62.3 Å². The fourth-order valence-corrected chi connectivity index (χ4v) is 6.37. The number of amides is 1. The molecule has 3 atom stereocenters. The maximum absolute atomic E-state index is 13.5. The summed E-state index contributed by atoms with van der Waals surface area (Å²) >= 11 is 0. The number of aliphatic carboxylic acids is 2. The molecular formula is C34H39FN6O5. The van der Waals surface area contributed by atoms with Crippen molar-refractivity contribution in [2.24, 2.45) is 22.5 Å². The van der Waals surface area contributed by atoms with E-state index in [4.69, 9.17) is 21.0 Å². The summed E-state index contributed by atoms with van der Waals surface area (Å²) in [5.74, 6) is -1.80. The van der Waals surface area contributed by atoms with Gasteiger partial charge in [-0.2, -0.15) is 0 Å². The number of nitrogens with two attached hydrogens (primary N) is 1. The lowest BCUT2D eigenvalue weighted by molar-refractivity contribution is -0.157. The van der Waals surface area contributed by atoms with E-state index < -0.39 is 28.7 Å². The van der Waals surface area contributed by atoms with Gasteiger partial charge in [0.2, 0.25) is 5.91 Å². The van der Waals surface area contributed by atoms with Gasteiger partial charge in [-0.25, -0.2) is 13.9 Å². The maximum atomic E-state index is 13.5. The zero-order valence-corrected chi connectivity index (χ0v) is 26.4. The van der Waals surface area contributed by atoms with Gasteiger partial charge in [0, 0.05) is 43.9 Å². The second-order valence-electron chi connectivity index (χ2n) is 12.9. The van der Waals surface area contributed by atoms with E-state index in [-0.39, 0.29) is 17.8 Å². The van der Waals surface area contributed by atoms with E-state index >= 15 is 0 Å². The third kappa shape index (κ3) is 6.17. The van der Waals surface area contributed by atoms with Gasteiger partial charge in [0.05, 0.1) is 23.2 Å². The van der Waals surface area contributed by atoms with E-state index in [1.54, 1.807) is 42.4 Å². The molecule has 1 aliphatic carbocycles. The fraction of sp³-hybridized carbons (Fsp3) is 0.382. The van der Waals surface area contributed by atoms with Crippen LogP contribution in [0.1, 0.15) is 45.6 Å². The molecule has 2 aromatic heterocycles. The van der Waals surface area contributed by atoms with Crippen LogP contribution in [0.25, 0.3) is 16.9 Å². The van der Waals surface area contributed by atoms with Crippen molar-refractivity contribution in [2.75, 3.05) is 23.4 Å². The first-order valence-electron chi connectivity index (χ1n) is 15.1. The average Bonchev–Trinajstić information content (AvgIpc) is 3.65. The summed E-state index contributed by atoms with van der Waals surface area (Å²) in [6, 6.07) is 18.0. The number of anilines is 2. The summed E-state index contributed by atoms with van der Waals surface area (Å²) in [4.78, 5) is 42.3. The summed E-state index contributed by atoms with van der Waals surface area (Å²) in [7, 11) is 1.92. The first-order chi connectivity index (χ1) is 21.7. The number of carbonyl (C=O) groups excluding carboxylic acids is 1. The minimum atomic E-state index is -0.921. The number of benzene rings is 2. The van der Waals surface area contributed by atoms with Crippen molar-refractivity contribution in [3.05, 3.63) is 78.2 Å². The first kappa shape index (κ1) is 32.6. The Labute approximate surface area is 266 Å². The largest absolute Gasteiger partial charge is 0.481 e. The quantitative estimate of drug-likeness (QED) is 0.260. The average molecular weight is 631 g/mol. The van der Waals surface area contributed by atoms with Crippen LogP contribution < -0.4 is 15.5 Å². The Hall–Kier alpha value is -4.84. The number of fused-ring (bicyclic) bond motifs is 1. The van der Waals surface area contributed by atoms with E-state index in [2.05, 4.69) is 4.98 Å². The monoisotopic (exact) mass is 630 g/mol. The first-order valence-corrected chi connectivity index (χ1v) is 15.1. The molecule has 1 aliphatic heterocycles. The molecule has 1 saturated heterocycles. The number of aromatic nitrogens is 3. The minimum absolute atomic E-state index is 0.0488. The van der Waals surface area contributed by atoms with Crippen molar-refractivity contribution in [2.45, 2.75) is 52.6 Å². The van der Waals surface area contributed by atoms with Crippen molar-refractivity contribution < 1.29 is 29.0 Å². The summed E-state index contributed by atoms with van der Waals surface area (Å²) in [6.45, 7) is 6.16. The van der Waals surface area contributed by atoms with Crippen LogP contribution in [0.15, 0.2) is 66.9 Å². The Morgan fingerprint density at radius 1 is 1.09 bits per heavy atom. The highest BCUT2D eigenvalue weighted by atomic mass is 19.1. The molecule has 1 saturated carbocycles. The predicted molar refractivity (Wildman–Crippen MR) is 172 cm³/mol. The molecule has 6 rings (SSSR count). The van der Waals surface area contributed by atoms with Gasteiger partial charge in [-0.05, 0) is 67.1 Å². The minimum Gasteiger partial charge on any atom is -0.481 e. The van der Waals surface area contributed by atoms with Crippen LogP contribution in [0.3, 0.4) is 0 Å². The third-order valence-electron chi connectivity index (χ3n) is 9.67. The van der Waals surface area contributed by atoms with Crippen LogP contribution in [0.5, 0.6) is 0 Å². The van der Waals surface area contributed by atoms with Gasteiger partial charge in [-0.1, -0.05) is 38.1 Å². The lowest BCUT2D eigenvalue weighted by atomic mass is 9.66. The number of hydrogen-bond acceptors (Lipinski definition) is 7. The van der Waals surface area contributed by atoms with Crippen LogP contribution in [0, 0.1) is 22.6 Å². The highest BCUT2D eigenvalue weighted by Crippen LogP contribution is 2.56. The van der Waals surface area contributed by atoms with Gasteiger partial charge < -0.3 is 25.7 Å². The van der Waals surface area contributed by atoms with Crippen molar-refractivity contribution in [3.8, 4) is 11.3 Å². The maximum Gasteiger partial charge on any atom is 0.309 e. The molecule has 1 amide bonds. The molecule has 12 heteroatoms. The number of carboxylic acids is 2. The molecule has 2 fully saturated rings. The fourth-order valence-electron chi connectivity index (χ4n) is 6.37. The molecule has 2 aromatic carbocycles. The van der Waals surface area contributed by atoms with E-state index in [9.17, 15) is 18.8 Å². The van der Waals surface area contributed by atoms with Crippen LogP contribution in [0.2, 0.25) is 0 Å². The zero-order valence-electron chi connectivity index (χ0n) is 26.4. The highest BCUT2D eigenvalue weighted by Gasteiger charge is 2.58. The van der Waals surface area contributed by atoms with E-state index in [1.807, 2.05) is 54.4 Å². The van der Waals surface area contributed by atoms with Crippen molar-refractivity contribution in [1.82, 2.24) is 14.6 Å². The normalized spacial score (nSPS) is 22.0. The number of rotatable bonds is 7. The smallest absolute Gasteiger partial charge is 0.309 e. The van der Waals surface area contributed by atoms with Gasteiger partial charge in [-0.3, -0.25) is 14.4 Å². The van der Waals surface area contributed by atoms with Crippen molar-refractivity contribution in [1.29, 1.82) is 0 Å². The summed E-state index contributed by atoms with van der Waals surface area (Å²) in [5.41, 5.74) is 8.52. The number of nitrogens with zero attached hydrogens (tertiary/aromatic N) is 5. The van der Waals surface area contributed by atoms with E-state index in [1.165, 1.54) is 12.1 Å². The van der Waals surface area contributed by atoms with Crippen molar-refractivity contribution >= 4 is 35.0 Å². The van der Waals surface area contributed by atoms with Gasteiger partial charge in [0.25, 0.3) is 0 Å². The Morgan fingerprint density at radius 2 is 1.80 bits per heavy atom. The topological polar surface area (TPSA) is 154 Å². The molecule has 11 nitrogen and oxygen atoms in total. The SMILES string of the molecule is CC1(C)[C@@H](C(=O)O)CC[C@@]1(C)C(=O)O.CN(Cc1cccc(F)c1)c1ccc2ncc(-c3ccc(N4C[C@@H](N)CC4=O)cc3)n2n1. The van der Waals surface area contributed by atoms with Gasteiger partial charge in [0.15, 0.2) is 5.65 Å². The summed E-state index contributed by atoms with van der Waals surface area (Å²) < 4.78 is 15.3. The standard InChI is InChI=1S/C24H23FN6O.C10H16O4/c1-29(14-16-3-2-4-18(25)11-16)23-10-9-22-27-13-21(31(22)28-23)17-5-7-20(8-6-17)30-15-19(26)12-24(30)32;1-9(2)6(7(11)12)4-5-10(9,3)8(13)14/h2-11,13,19H,12,14-15,26H2,1H3;6H,4-5H2,1-3H3,(H,11,12)(H,13,14)/t19-;6-,10+/m01/s1. The second kappa shape index (κ2) is 12.5. The summed E-state index contributed by atoms with van der Waals surface area (Å²) in [5, 5.41) is 22.8. The molecule has 0 spiro atoms. The summed E-state index contributed by atoms with van der Waals surface area (Å²) in [6.07, 6.45) is 3.05. The third-order valence-corrected chi connectivity index (χ3v) is 9.67. The molecule has 0 radical (unpaired) electrons. The lowest BCUT2D eigenvalue weighted by Crippen LogP contribution is -2.42. The van der Waals surface area contributed by atoms with Gasteiger partial charge in [0.1, 0.15) is 11.6 Å². The van der Waals surface area contributed by atoms with E-state index in [0.717, 1.165) is 34.0 Å². The molecule has 242 valence electrons. The van der Waals surface area contributed by atoms with Crippen LogP contribution >= 0.6 is 0 Å². The van der Waals surface area contributed by atoms with Crippen molar-refractivity contribution in [3.63, 3.8) is 0 Å². The van der Waals surface area contributed by atoms with Crippen LogP contribution in [-0.2, 0) is 20.9 Å². The Kier molecular flexibility index (Phi) is 8.85. The molecule has 0 bridgehead atoms. The predicted octanol–water partition coefficient (Wildman–Crippen LogP) is 4.83. The highest BCUT2D eigenvalue weighted by molar-refractivity contribution is 5.96. The molecule has 46 heavy (non-hydrogen) atoms. The molecule has 4 N–H and O–H groups in total. The number of hydrogen-bond donors (Lipinski definition) is 3. The van der Waals surface area contributed by atoms with Gasteiger partial charge >= 0.3 is 11.9 Å². The Morgan fingerprint density at radius 3 is 2.37 bits per heavy atom. The Balaban J connectivity index is 0.000000251. The number of carboxylic acid groups (broad SMARTS) is 2. The number of imidazole rings is 1. The molecule has 4 aromatic rings. The number of halogens is 1. The molecular weight excluding hydrogens is 591 g/mol. The molecule has 0 unspecified atom stereocenters. The van der Waals surface area contributed by atoms with E-state index in [0.29, 0.717) is 32.4 Å². The van der Waals surface area contributed by atoms with Crippen LogP contribution in [0.4, 0.5) is 15.9 Å². The Bertz CT molecular complexity index is 1770. The van der Waals surface area contributed by atoms with Gasteiger partial charge in [-0.15, -0.1) is 5.10 Å². The number of carbonyl (C=O) groups is 3. The zero-order chi connectivity index (χ0) is 33.4. The lowest BCUT2D eigenvalue weighted by Gasteiger charge is -2.36. The molecule has 3 heterocycles. The second-order valence-corrected chi connectivity index (χ2v) is 12.9.